The summed E-state index contributed by atoms with van der Waals surface area (Å²) in [4.78, 5) is 15.1. The third kappa shape index (κ3) is 3.25. The molecule has 1 amide bonds. The summed E-state index contributed by atoms with van der Waals surface area (Å²) in [7, 11) is 3.80. The van der Waals surface area contributed by atoms with Crippen LogP contribution in [0.2, 0.25) is 0 Å². The third-order valence-electron chi connectivity index (χ3n) is 5.56. The number of rotatable bonds is 5. The Morgan fingerprint density at radius 2 is 2.19 bits per heavy atom. The van der Waals surface area contributed by atoms with Crippen molar-refractivity contribution in [2.24, 2.45) is 13.0 Å². The first-order valence-electron chi connectivity index (χ1n) is 9.52. The summed E-state index contributed by atoms with van der Waals surface area (Å²) >= 11 is 0. The largest absolute Gasteiger partial charge is 0.461 e. The molecule has 0 saturated carbocycles. The first-order valence-corrected chi connectivity index (χ1v) is 9.52. The topological polar surface area (TPSA) is 63.3 Å². The van der Waals surface area contributed by atoms with Gasteiger partial charge in [-0.05, 0) is 11.6 Å². The van der Waals surface area contributed by atoms with Gasteiger partial charge in [0.25, 0.3) is 0 Å². The van der Waals surface area contributed by atoms with E-state index in [2.05, 4.69) is 23.4 Å². The van der Waals surface area contributed by atoms with E-state index < -0.39 is 0 Å². The van der Waals surface area contributed by atoms with Crippen LogP contribution in [0.15, 0.2) is 41.1 Å². The maximum atomic E-state index is 13.2. The highest BCUT2D eigenvalue weighted by Gasteiger charge is 2.36. The summed E-state index contributed by atoms with van der Waals surface area (Å²) in [6, 6.07) is 8.05. The van der Waals surface area contributed by atoms with Gasteiger partial charge in [-0.2, -0.15) is 5.10 Å². The number of fused-ring (bicyclic) bond motifs is 1. The molecule has 0 bridgehead atoms. The van der Waals surface area contributed by atoms with Crippen LogP contribution in [0.25, 0.3) is 11.0 Å². The molecule has 2 atom stereocenters. The van der Waals surface area contributed by atoms with Crippen molar-refractivity contribution >= 4 is 16.9 Å². The smallest absolute Gasteiger partial charge is 0.227 e. The van der Waals surface area contributed by atoms with Gasteiger partial charge in [0.05, 0.1) is 12.1 Å². The van der Waals surface area contributed by atoms with Crippen molar-refractivity contribution in [1.82, 2.24) is 20.0 Å². The van der Waals surface area contributed by atoms with Gasteiger partial charge in [-0.3, -0.25) is 9.48 Å². The zero-order valence-electron chi connectivity index (χ0n) is 16.1. The minimum atomic E-state index is -0.0672. The molecule has 0 spiro atoms. The lowest BCUT2D eigenvalue weighted by Gasteiger charge is -2.24. The molecule has 1 aliphatic heterocycles. The second-order valence-electron chi connectivity index (χ2n) is 7.37. The number of nitrogens with one attached hydrogen (secondary N) is 1. The molecule has 1 aliphatic rings. The molecule has 3 heterocycles. The maximum absolute atomic E-state index is 13.2. The van der Waals surface area contributed by atoms with Gasteiger partial charge in [0.2, 0.25) is 5.91 Å². The molecule has 0 unspecified atom stereocenters. The molecule has 2 aromatic heterocycles. The van der Waals surface area contributed by atoms with Crippen molar-refractivity contribution in [3.05, 3.63) is 53.5 Å². The Hall–Kier alpha value is -2.60. The minimum absolute atomic E-state index is 0.0672. The highest BCUT2D eigenvalue weighted by Crippen LogP contribution is 2.31. The van der Waals surface area contributed by atoms with E-state index in [0.717, 1.165) is 40.8 Å². The summed E-state index contributed by atoms with van der Waals surface area (Å²) in [5.74, 6) is 1.23. The van der Waals surface area contributed by atoms with Gasteiger partial charge in [0, 0.05) is 63.2 Å². The van der Waals surface area contributed by atoms with Crippen LogP contribution in [0, 0.1) is 5.92 Å². The van der Waals surface area contributed by atoms with Gasteiger partial charge in [-0.1, -0.05) is 25.1 Å². The summed E-state index contributed by atoms with van der Waals surface area (Å²) in [5.41, 5.74) is 3.13. The Morgan fingerprint density at radius 1 is 1.37 bits per heavy atom. The lowest BCUT2D eigenvalue weighted by Crippen LogP contribution is -2.35. The number of aryl methyl sites for hydroxylation is 2. The van der Waals surface area contributed by atoms with E-state index in [1.807, 2.05) is 49.6 Å². The molecule has 6 nitrogen and oxygen atoms in total. The molecule has 142 valence electrons. The molecular weight excluding hydrogens is 340 g/mol. The van der Waals surface area contributed by atoms with E-state index in [4.69, 9.17) is 4.42 Å². The molecule has 27 heavy (non-hydrogen) atoms. The van der Waals surface area contributed by atoms with Crippen LogP contribution in [0.1, 0.15) is 29.7 Å². The van der Waals surface area contributed by atoms with E-state index in [9.17, 15) is 4.79 Å². The average Bonchev–Trinajstić information content (AvgIpc) is 3.39. The van der Waals surface area contributed by atoms with E-state index in [-0.39, 0.29) is 17.7 Å². The number of hydrogen-bond donors (Lipinski definition) is 1. The highest BCUT2D eigenvalue weighted by molar-refractivity contribution is 5.84. The number of aromatic nitrogens is 2. The minimum Gasteiger partial charge on any atom is -0.461 e. The number of nitrogens with zero attached hydrogens (tertiary/aromatic N) is 3. The Labute approximate surface area is 159 Å². The van der Waals surface area contributed by atoms with Crippen LogP contribution in [0.3, 0.4) is 0 Å². The van der Waals surface area contributed by atoms with Crippen molar-refractivity contribution in [2.75, 3.05) is 20.1 Å². The Morgan fingerprint density at radius 3 is 2.93 bits per heavy atom. The van der Waals surface area contributed by atoms with E-state index in [1.165, 1.54) is 0 Å². The van der Waals surface area contributed by atoms with Crippen molar-refractivity contribution < 1.29 is 9.21 Å². The molecular formula is C21H26N4O2. The zero-order valence-corrected chi connectivity index (χ0v) is 16.1. The Bertz CT molecular complexity index is 958. The number of hydrogen-bond acceptors (Lipinski definition) is 4. The fourth-order valence-corrected chi connectivity index (χ4v) is 4.13. The first-order chi connectivity index (χ1) is 13.1. The first kappa shape index (κ1) is 17.8. The van der Waals surface area contributed by atoms with Crippen LogP contribution in [0.5, 0.6) is 0 Å². The van der Waals surface area contributed by atoms with Crippen molar-refractivity contribution in [3.8, 4) is 0 Å². The fraction of sp³-hybridized carbons (Fsp3) is 0.429. The average molecular weight is 366 g/mol. The van der Waals surface area contributed by atoms with Gasteiger partial charge >= 0.3 is 0 Å². The lowest BCUT2D eigenvalue weighted by molar-refractivity contribution is -0.134. The molecule has 3 aromatic rings. The number of amides is 1. The lowest BCUT2D eigenvalue weighted by atomic mass is 9.89. The van der Waals surface area contributed by atoms with Gasteiger partial charge in [0.1, 0.15) is 11.3 Å². The summed E-state index contributed by atoms with van der Waals surface area (Å²) < 4.78 is 7.78. The molecule has 1 aromatic carbocycles. The molecule has 1 fully saturated rings. The molecule has 1 saturated heterocycles. The van der Waals surface area contributed by atoms with Crippen molar-refractivity contribution in [1.29, 1.82) is 0 Å². The van der Waals surface area contributed by atoms with E-state index in [1.54, 1.807) is 4.68 Å². The highest BCUT2D eigenvalue weighted by atomic mass is 16.3. The van der Waals surface area contributed by atoms with Crippen molar-refractivity contribution in [2.45, 2.75) is 25.8 Å². The Kier molecular flexibility index (Phi) is 4.74. The number of carbonyl (C=O) groups is 1. The van der Waals surface area contributed by atoms with Crippen LogP contribution in [0.4, 0.5) is 0 Å². The zero-order chi connectivity index (χ0) is 19.0. The SMILES string of the molecule is CCc1oc2ccccc2c1CN(C)C(=O)[C@H]1CNC[C@@H]1c1cnn(C)c1. The number of benzene rings is 1. The molecule has 4 rings (SSSR count). The summed E-state index contributed by atoms with van der Waals surface area (Å²) in [5, 5.41) is 8.74. The van der Waals surface area contributed by atoms with Gasteiger partial charge in [-0.25, -0.2) is 0 Å². The third-order valence-corrected chi connectivity index (χ3v) is 5.56. The second kappa shape index (κ2) is 7.19. The molecule has 0 radical (unpaired) electrons. The van der Waals surface area contributed by atoms with E-state index in [0.29, 0.717) is 13.1 Å². The van der Waals surface area contributed by atoms with E-state index >= 15 is 0 Å². The maximum Gasteiger partial charge on any atom is 0.227 e. The van der Waals surface area contributed by atoms with Crippen LogP contribution < -0.4 is 5.32 Å². The van der Waals surface area contributed by atoms with Gasteiger partial charge in [0.15, 0.2) is 0 Å². The number of para-hydroxylation sites is 1. The van der Waals surface area contributed by atoms with Gasteiger partial charge < -0.3 is 14.6 Å². The van der Waals surface area contributed by atoms with Crippen LogP contribution in [-0.4, -0.2) is 40.7 Å². The molecule has 0 aliphatic carbocycles. The fourth-order valence-electron chi connectivity index (χ4n) is 4.13. The second-order valence-corrected chi connectivity index (χ2v) is 7.37. The monoisotopic (exact) mass is 366 g/mol. The number of carbonyl (C=O) groups excluding carboxylic acids is 1. The standard InChI is InChI=1S/C21H26N4O2/c1-4-19-18(15-7-5-6-8-20(15)27-19)13-24(2)21(26)17-11-22-10-16(17)14-9-23-25(3)12-14/h5-9,12,16-17,22H,4,10-11,13H2,1-3H3/t16-,17+/m1/s1. The summed E-state index contributed by atoms with van der Waals surface area (Å²) in [6.07, 6.45) is 4.70. The normalized spacial score (nSPS) is 19.7. The summed E-state index contributed by atoms with van der Waals surface area (Å²) in [6.45, 7) is 4.16. The molecule has 6 heteroatoms. The quantitative estimate of drug-likeness (QED) is 0.754. The number of furan rings is 1. The molecule has 1 N–H and O–H groups in total. The predicted octanol–water partition coefficient (Wildman–Crippen LogP) is 2.69. The Balaban J connectivity index is 1.56. The van der Waals surface area contributed by atoms with Gasteiger partial charge in [-0.15, -0.1) is 0 Å². The predicted molar refractivity (Wildman–Crippen MR) is 104 cm³/mol. The van der Waals surface area contributed by atoms with Crippen LogP contribution >= 0.6 is 0 Å². The van der Waals surface area contributed by atoms with Crippen LogP contribution in [-0.2, 0) is 24.8 Å². The van der Waals surface area contributed by atoms with Crippen molar-refractivity contribution in [3.63, 3.8) is 0 Å².